The van der Waals surface area contributed by atoms with Crippen molar-refractivity contribution in [1.82, 2.24) is 14.1 Å². The normalized spacial score (nSPS) is 14.8. The monoisotopic (exact) mass is 574 g/mol. The summed E-state index contributed by atoms with van der Waals surface area (Å²) in [5.74, 6) is -0.343. The molecule has 0 bridgehead atoms. The van der Waals surface area contributed by atoms with Gasteiger partial charge in [0.2, 0.25) is 10.0 Å². The second-order valence-electron chi connectivity index (χ2n) is 8.21. The van der Waals surface area contributed by atoms with Crippen LogP contribution in [0.5, 0.6) is 0 Å². The highest BCUT2D eigenvalue weighted by Gasteiger charge is 2.30. The minimum Gasteiger partial charge on any atom is -0.305 e. The predicted octanol–water partition coefficient (Wildman–Crippen LogP) is 6.28. The van der Waals surface area contributed by atoms with Crippen molar-refractivity contribution in [3.8, 4) is 0 Å². The van der Waals surface area contributed by atoms with Gasteiger partial charge in [0.15, 0.2) is 5.82 Å². The van der Waals surface area contributed by atoms with Crippen LogP contribution in [0.2, 0.25) is 20.1 Å². The first-order chi connectivity index (χ1) is 16.6. The number of aryl methyl sites for hydroxylation is 1. The molecule has 1 amide bonds. The number of amides is 1. The number of aromatic nitrogens is 2. The molecule has 4 rings (SSSR count). The van der Waals surface area contributed by atoms with E-state index >= 15 is 0 Å². The Balaban J connectivity index is 1.59. The lowest BCUT2D eigenvalue weighted by Gasteiger charge is -2.26. The summed E-state index contributed by atoms with van der Waals surface area (Å²) < 4.78 is 29.4. The second kappa shape index (κ2) is 10.7. The van der Waals surface area contributed by atoms with Crippen molar-refractivity contribution < 1.29 is 13.2 Å². The molecule has 2 aromatic carbocycles. The van der Waals surface area contributed by atoms with Gasteiger partial charge in [0.25, 0.3) is 5.91 Å². The molecule has 7 nitrogen and oxygen atoms in total. The molecule has 1 aromatic heterocycles. The fourth-order valence-corrected chi connectivity index (χ4v) is 6.76. The van der Waals surface area contributed by atoms with E-state index in [1.165, 1.54) is 16.4 Å². The number of carbonyl (C=O) groups is 1. The van der Waals surface area contributed by atoms with Crippen LogP contribution in [-0.4, -0.2) is 41.5 Å². The topological polar surface area (TPSA) is 84.3 Å². The van der Waals surface area contributed by atoms with Gasteiger partial charge in [0.1, 0.15) is 4.90 Å². The van der Waals surface area contributed by atoms with Gasteiger partial charge in [-0.2, -0.15) is 9.40 Å². The number of hydrogen-bond acceptors (Lipinski definition) is 4. The lowest BCUT2D eigenvalue weighted by molar-refractivity contribution is 0.102. The van der Waals surface area contributed by atoms with Crippen LogP contribution in [0.1, 0.15) is 40.9 Å². The van der Waals surface area contributed by atoms with Gasteiger partial charge in [-0.05, 0) is 44.0 Å². The highest BCUT2D eigenvalue weighted by Crippen LogP contribution is 2.32. The molecular formula is C23H22Cl4N4O3S. The second-order valence-corrected chi connectivity index (χ2v) is 11.7. The molecule has 1 saturated heterocycles. The first kappa shape index (κ1) is 26.3. The zero-order chi connectivity index (χ0) is 25.3. The van der Waals surface area contributed by atoms with Crippen molar-refractivity contribution >= 4 is 68.2 Å². The molecule has 35 heavy (non-hydrogen) atoms. The fourth-order valence-electron chi connectivity index (χ4n) is 3.89. The predicted molar refractivity (Wildman–Crippen MR) is 140 cm³/mol. The smallest absolute Gasteiger partial charge is 0.258 e. The number of halogens is 4. The summed E-state index contributed by atoms with van der Waals surface area (Å²) in [6.07, 6.45) is 2.53. The maximum Gasteiger partial charge on any atom is 0.258 e. The molecule has 2 heterocycles. The Morgan fingerprint density at radius 1 is 0.971 bits per heavy atom. The number of sulfonamides is 1. The third-order valence-electron chi connectivity index (χ3n) is 5.79. The summed E-state index contributed by atoms with van der Waals surface area (Å²) in [6.45, 7) is 2.95. The lowest BCUT2D eigenvalue weighted by atomic mass is 10.2. The quantitative estimate of drug-likeness (QED) is 0.375. The minimum atomic E-state index is -3.87. The van der Waals surface area contributed by atoms with Crippen LogP contribution in [0.3, 0.4) is 0 Å². The summed E-state index contributed by atoms with van der Waals surface area (Å²) in [5, 5.41) is 8.11. The van der Waals surface area contributed by atoms with E-state index in [0.29, 0.717) is 35.2 Å². The Labute approximate surface area is 224 Å². The molecule has 1 fully saturated rings. The van der Waals surface area contributed by atoms with Crippen LogP contribution in [0.25, 0.3) is 0 Å². The number of nitrogens with zero attached hydrogens (tertiary/aromatic N) is 3. The van der Waals surface area contributed by atoms with Crippen LogP contribution in [0.4, 0.5) is 5.82 Å². The van der Waals surface area contributed by atoms with Gasteiger partial charge in [-0.15, -0.1) is 0 Å². The number of rotatable bonds is 6. The van der Waals surface area contributed by atoms with E-state index < -0.39 is 15.9 Å². The van der Waals surface area contributed by atoms with Crippen LogP contribution >= 0.6 is 46.4 Å². The van der Waals surface area contributed by atoms with E-state index in [9.17, 15) is 13.2 Å². The van der Waals surface area contributed by atoms with Crippen molar-refractivity contribution in [3.05, 3.63) is 73.3 Å². The summed E-state index contributed by atoms with van der Waals surface area (Å²) in [7, 11) is -3.87. The number of hydrogen-bond donors (Lipinski definition) is 1. The summed E-state index contributed by atoms with van der Waals surface area (Å²) in [6, 6.07) is 9.41. The summed E-state index contributed by atoms with van der Waals surface area (Å²) >= 11 is 25.0. The molecule has 0 saturated carbocycles. The zero-order valence-corrected chi connectivity index (χ0v) is 22.5. The first-order valence-electron chi connectivity index (χ1n) is 10.9. The molecular weight excluding hydrogens is 554 g/mol. The van der Waals surface area contributed by atoms with E-state index in [1.54, 1.807) is 28.9 Å². The van der Waals surface area contributed by atoms with Gasteiger partial charge in [-0.25, -0.2) is 8.42 Å². The fraction of sp³-hybridized carbons (Fsp3) is 0.304. The van der Waals surface area contributed by atoms with Crippen LogP contribution in [0, 0.1) is 6.92 Å². The van der Waals surface area contributed by atoms with E-state index in [0.717, 1.165) is 25.0 Å². The van der Waals surface area contributed by atoms with Crippen molar-refractivity contribution in [3.63, 3.8) is 0 Å². The number of piperidine rings is 1. The van der Waals surface area contributed by atoms with Gasteiger partial charge in [0, 0.05) is 40.5 Å². The average molecular weight is 576 g/mol. The Kier molecular flexibility index (Phi) is 8.00. The van der Waals surface area contributed by atoms with Gasteiger partial charge in [-0.1, -0.05) is 58.9 Å². The Hall–Kier alpha value is -1.81. The largest absolute Gasteiger partial charge is 0.305 e. The minimum absolute atomic E-state index is 0.0204. The molecule has 0 spiro atoms. The number of benzene rings is 2. The van der Waals surface area contributed by atoms with Crippen molar-refractivity contribution in [2.75, 3.05) is 18.4 Å². The third-order valence-corrected chi connectivity index (χ3v) is 9.18. The van der Waals surface area contributed by atoms with Crippen molar-refractivity contribution in [1.29, 1.82) is 0 Å². The van der Waals surface area contributed by atoms with Crippen molar-refractivity contribution in [2.45, 2.75) is 37.6 Å². The van der Waals surface area contributed by atoms with E-state index in [-0.39, 0.29) is 26.3 Å². The Bertz CT molecular complexity index is 1370. The molecule has 0 atom stereocenters. The molecule has 1 aliphatic rings. The zero-order valence-electron chi connectivity index (χ0n) is 18.7. The van der Waals surface area contributed by atoms with E-state index in [1.807, 2.05) is 6.92 Å². The lowest BCUT2D eigenvalue weighted by Crippen LogP contribution is -2.35. The van der Waals surface area contributed by atoms with E-state index in [2.05, 4.69) is 10.4 Å². The molecule has 186 valence electrons. The Morgan fingerprint density at radius 2 is 1.63 bits per heavy atom. The maximum atomic E-state index is 13.2. The number of nitrogens with one attached hydrogen (secondary N) is 1. The molecule has 1 aliphatic heterocycles. The summed E-state index contributed by atoms with van der Waals surface area (Å²) in [4.78, 5) is 12.9. The standard InChI is InChI=1S/C23H22Cl4N4O3S/c1-14-10-22(29-31(14)13-16-17(24)6-5-7-18(16)25)28-23(32)15-11-21(20(27)12-19(15)26)35(33,34)30-8-3-2-4-9-30/h5-7,10-12H,2-4,8-9,13H2,1H3,(H,28,29,32). The van der Waals surface area contributed by atoms with Gasteiger partial charge in [-0.3, -0.25) is 9.48 Å². The molecule has 0 unspecified atom stereocenters. The van der Waals surface area contributed by atoms with E-state index in [4.69, 9.17) is 46.4 Å². The molecule has 12 heteroatoms. The number of carbonyl (C=O) groups excluding carboxylic acids is 1. The average Bonchev–Trinajstić information content (AvgIpc) is 3.15. The van der Waals surface area contributed by atoms with Crippen LogP contribution in [-0.2, 0) is 16.6 Å². The van der Waals surface area contributed by atoms with Crippen LogP contribution < -0.4 is 5.32 Å². The molecule has 1 N–H and O–H groups in total. The van der Waals surface area contributed by atoms with Gasteiger partial charge >= 0.3 is 0 Å². The highest BCUT2D eigenvalue weighted by molar-refractivity contribution is 7.89. The maximum absolute atomic E-state index is 13.2. The Morgan fingerprint density at radius 3 is 2.29 bits per heavy atom. The van der Waals surface area contributed by atoms with Crippen molar-refractivity contribution in [2.24, 2.45) is 0 Å². The number of anilines is 1. The van der Waals surface area contributed by atoms with Gasteiger partial charge in [0.05, 0.1) is 22.2 Å². The SMILES string of the molecule is Cc1cc(NC(=O)c2cc(S(=O)(=O)N3CCCCC3)c(Cl)cc2Cl)nn1Cc1c(Cl)cccc1Cl. The summed E-state index contributed by atoms with van der Waals surface area (Å²) in [5.41, 5.74) is 1.44. The molecule has 3 aromatic rings. The molecule has 0 aliphatic carbocycles. The van der Waals surface area contributed by atoms with Gasteiger partial charge < -0.3 is 5.32 Å². The highest BCUT2D eigenvalue weighted by atomic mass is 35.5. The molecule has 0 radical (unpaired) electrons. The third kappa shape index (κ3) is 5.63. The first-order valence-corrected chi connectivity index (χ1v) is 13.8. The van der Waals surface area contributed by atoms with Crippen LogP contribution in [0.15, 0.2) is 41.3 Å².